The van der Waals surface area contributed by atoms with Crippen molar-refractivity contribution in [2.24, 2.45) is 12.1 Å². The van der Waals surface area contributed by atoms with E-state index in [1.165, 1.54) is 21.6 Å². The summed E-state index contributed by atoms with van der Waals surface area (Å²) < 4.78 is 7.55. The predicted molar refractivity (Wildman–Crippen MR) is 130 cm³/mol. The zero-order valence-electron chi connectivity index (χ0n) is 17.7. The number of hydrazone groups is 1. The molecule has 1 aromatic carbocycles. The minimum absolute atomic E-state index is 0.117. The van der Waals surface area contributed by atoms with E-state index in [0.717, 1.165) is 23.5 Å². The van der Waals surface area contributed by atoms with E-state index in [2.05, 4.69) is 21.4 Å². The fraction of sp³-hybridized carbons (Fsp3) is 0.217. The smallest absolute Gasteiger partial charge is 0.253 e. The first-order chi connectivity index (χ1) is 16.1. The van der Waals surface area contributed by atoms with Gasteiger partial charge in [0, 0.05) is 29.8 Å². The van der Waals surface area contributed by atoms with Crippen LogP contribution < -0.4 is 0 Å². The van der Waals surface area contributed by atoms with Gasteiger partial charge >= 0.3 is 0 Å². The summed E-state index contributed by atoms with van der Waals surface area (Å²) in [6, 6.07) is 15.0. The van der Waals surface area contributed by atoms with Crippen molar-refractivity contribution in [3.8, 4) is 0 Å². The van der Waals surface area contributed by atoms with Crippen LogP contribution >= 0.6 is 34.7 Å². The van der Waals surface area contributed by atoms with Crippen LogP contribution in [0, 0.1) is 0 Å². The van der Waals surface area contributed by atoms with Crippen LogP contribution in [-0.2, 0) is 18.3 Å². The first-order valence-corrected chi connectivity index (χ1v) is 12.5. The Balaban J connectivity index is 1.31. The predicted octanol–water partition coefficient (Wildman–Crippen LogP) is 5.18. The Labute approximate surface area is 204 Å². The molecular formula is C23H20ClN5O2S2. The third-order valence-electron chi connectivity index (χ3n) is 5.38. The number of thioether (sulfide) groups is 1. The van der Waals surface area contributed by atoms with Crippen LogP contribution in [0.5, 0.6) is 0 Å². The van der Waals surface area contributed by atoms with E-state index in [-0.39, 0.29) is 17.7 Å². The van der Waals surface area contributed by atoms with Crippen LogP contribution in [0.1, 0.15) is 34.5 Å². The first kappa shape index (κ1) is 21.9. The lowest BCUT2D eigenvalue weighted by molar-refractivity contribution is -0.130. The van der Waals surface area contributed by atoms with E-state index in [1.807, 2.05) is 59.5 Å². The highest BCUT2D eigenvalue weighted by atomic mass is 35.5. The fourth-order valence-electron chi connectivity index (χ4n) is 3.65. The zero-order valence-corrected chi connectivity index (χ0v) is 20.1. The van der Waals surface area contributed by atoms with Gasteiger partial charge in [-0.15, -0.1) is 21.5 Å². The van der Waals surface area contributed by atoms with Gasteiger partial charge in [-0.3, -0.25) is 4.79 Å². The number of amides is 1. The van der Waals surface area contributed by atoms with Gasteiger partial charge in [0.1, 0.15) is 17.6 Å². The molecule has 0 fully saturated rings. The molecule has 0 aliphatic carbocycles. The average molecular weight is 498 g/mol. The second kappa shape index (κ2) is 9.54. The molecule has 10 heteroatoms. The Bertz CT molecular complexity index is 1270. The van der Waals surface area contributed by atoms with Crippen LogP contribution in [-0.4, -0.2) is 37.1 Å². The number of halogens is 1. The van der Waals surface area contributed by atoms with Crippen LogP contribution in [0.15, 0.2) is 74.8 Å². The van der Waals surface area contributed by atoms with E-state index in [4.69, 9.17) is 16.0 Å². The zero-order chi connectivity index (χ0) is 22.8. The Hall–Kier alpha value is -2.88. The summed E-state index contributed by atoms with van der Waals surface area (Å²) >= 11 is 9.07. The monoisotopic (exact) mass is 497 g/mol. The average Bonchev–Trinajstić information content (AvgIpc) is 3.62. The Morgan fingerprint density at radius 2 is 2.06 bits per heavy atom. The first-order valence-electron chi connectivity index (χ1n) is 10.3. The van der Waals surface area contributed by atoms with E-state index in [1.54, 1.807) is 17.6 Å². The number of hydrogen-bond acceptors (Lipinski definition) is 7. The highest BCUT2D eigenvalue weighted by molar-refractivity contribution is 7.99. The van der Waals surface area contributed by atoms with E-state index in [0.29, 0.717) is 22.4 Å². The van der Waals surface area contributed by atoms with Crippen molar-refractivity contribution in [2.45, 2.75) is 24.0 Å². The van der Waals surface area contributed by atoms with Crippen molar-refractivity contribution >= 4 is 46.3 Å². The lowest BCUT2D eigenvalue weighted by Gasteiger charge is -2.19. The molecular weight excluding hydrogens is 478 g/mol. The molecule has 7 nitrogen and oxygen atoms in total. The second-order valence-electron chi connectivity index (χ2n) is 7.53. The Morgan fingerprint density at radius 3 is 2.79 bits per heavy atom. The van der Waals surface area contributed by atoms with Crippen LogP contribution in [0.3, 0.4) is 0 Å². The number of rotatable bonds is 7. The van der Waals surface area contributed by atoms with E-state index < -0.39 is 0 Å². The topological polar surface area (TPSA) is 76.5 Å². The molecule has 0 N–H and O–H groups in total. The molecule has 1 atom stereocenters. The van der Waals surface area contributed by atoms with Gasteiger partial charge in [-0.25, -0.2) is 5.01 Å². The van der Waals surface area contributed by atoms with Gasteiger partial charge in [-0.05, 0) is 41.3 Å². The maximum Gasteiger partial charge on any atom is 0.253 e. The summed E-state index contributed by atoms with van der Waals surface area (Å²) in [6.45, 7) is 0. The molecule has 1 amide bonds. The molecule has 1 aliphatic rings. The van der Waals surface area contributed by atoms with E-state index in [9.17, 15) is 4.79 Å². The fourth-order valence-corrected chi connectivity index (χ4v) is 5.26. The van der Waals surface area contributed by atoms with Crippen molar-refractivity contribution in [1.29, 1.82) is 0 Å². The molecule has 0 saturated heterocycles. The van der Waals surface area contributed by atoms with Crippen molar-refractivity contribution in [2.75, 3.05) is 5.75 Å². The summed E-state index contributed by atoms with van der Waals surface area (Å²) in [5, 5.41) is 18.2. The number of aromatic nitrogens is 3. The SMILES string of the molecule is Cn1c(Cc2cccs2)nnc1SCC(=O)N1N=C(c2ccc(Cl)cc2)C[C@@H]1c1ccco1. The third kappa shape index (κ3) is 4.75. The van der Waals surface area contributed by atoms with Crippen LogP contribution in [0.2, 0.25) is 5.02 Å². The van der Waals surface area contributed by atoms with Crippen molar-refractivity contribution in [3.63, 3.8) is 0 Å². The summed E-state index contributed by atoms with van der Waals surface area (Å²) in [4.78, 5) is 14.4. The molecule has 0 radical (unpaired) electrons. The number of hydrogen-bond donors (Lipinski definition) is 0. The maximum absolute atomic E-state index is 13.2. The van der Waals surface area contributed by atoms with Gasteiger partial charge in [0.15, 0.2) is 5.16 Å². The van der Waals surface area contributed by atoms with Crippen molar-refractivity contribution in [1.82, 2.24) is 19.8 Å². The molecule has 0 bridgehead atoms. The second-order valence-corrected chi connectivity index (χ2v) is 9.94. The molecule has 0 unspecified atom stereocenters. The summed E-state index contributed by atoms with van der Waals surface area (Å²) in [5.74, 6) is 1.65. The third-order valence-corrected chi connectivity index (χ3v) is 7.51. The number of nitrogens with zero attached hydrogens (tertiary/aromatic N) is 5. The summed E-state index contributed by atoms with van der Waals surface area (Å²) in [6.07, 6.45) is 2.90. The van der Waals surface area contributed by atoms with Gasteiger partial charge in [0.05, 0.1) is 17.7 Å². The lowest BCUT2D eigenvalue weighted by Crippen LogP contribution is -2.28. The van der Waals surface area contributed by atoms with Crippen LogP contribution in [0.25, 0.3) is 0 Å². The number of carbonyl (C=O) groups is 1. The minimum Gasteiger partial charge on any atom is -0.467 e. The van der Waals surface area contributed by atoms with Crippen molar-refractivity contribution in [3.05, 3.63) is 87.2 Å². The van der Waals surface area contributed by atoms with Crippen LogP contribution in [0.4, 0.5) is 0 Å². The number of thiophene rings is 1. The van der Waals surface area contributed by atoms with Gasteiger partial charge in [-0.1, -0.05) is 41.6 Å². The molecule has 0 spiro atoms. The Kier molecular flexibility index (Phi) is 6.34. The largest absolute Gasteiger partial charge is 0.467 e. The number of furan rings is 1. The maximum atomic E-state index is 13.2. The van der Waals surface area contributed by atoms with Crippen molar-refractivity contribution < 1.29 is 9.21 Å². The summed E-state index contributed by atoms with van der Waals surface area (Å²) in [7, 11) is 1.92. The molecule has 1 aliphatic heterocycles. The standard InChI is InChI=1S/C23H20ClN5O2S2/c1-28-21(12-17-4-3-11-32-17)25-26-23(28)33-14-22(30)29-19(20-5-2-10-31-20)13-18(27-29)15-6-8-16(24)9-7-15/h2-11,19H,12-14H2,1H3/t19-/m1/s1. The molecule has 3 aromatic heterocycles. The molecule has 5 rings (SSSR count). The molecule has 33 heavy (non-hydrogen) atoms. The van der Waals surface area contributed by atoms with E-state index >= 15 is 0 Å². The molecule has 4 heterocycles. The molecule has 4 aromatic rings. The number of benzene rings is 1. The highest BCUT2D eigenvalue weighted by Gasteiger charge is 2.35. The normalized spacial score (nSPS) is 15.8. The molecule has 168 valence electrons. The van der Waals surface area contributed by atoms with Gasteiger partial charge in [0.25, 0.3) is 5.91 Å². The summed E-state index contributed by atoms with van der Waals surface area (Å²) in [5.41, 5.74) is 1.76. The quantitative estimate of drug-likeness (QED) is 0.329. The van der Waals surface area contributed by atoms with Gasteiger partial charge < -0.3 is 8.98 Å². The minimum atomic E-state index is -0.285. The lowest BCUT2D eigenvalue weighted by atomic mass is 10.0. The highest BCUT2D eigenvalue weighted by Crippen LogP contribution is 2.34. The molecule has 0 saturated carbocycles. The van der Waals surface area contributed by atoms with Gasteiger partial charge in [-0.2, -0.15) is 5.10 Å². The Morgan fingerprint density at radius 1 is 1.21 bits per heavy atom. The number of carbonyl (C=O) groups excluding carboxylic acids is 1. The van der Waals surface area contributed by atoms with Gasteiger partial charge in [0.2, 0.25) is 0 Å².